The van der Waals surface area contributed by atoms with E-state index in [0.717, 1.165) is 11.0 Å². The molecule has 15 heteroatoms. The summed E-state index contributed by atoms with van der Waals surface area (Å²) in [6, 6.07) is 5.36. The quantitative estimate of drug-likeness (QED) is 0.172. The van der Waals surface area contributed by atoms with E-state index < -0.39 is 40.4 Å². The van der Waals surface area contributed by atoms with Crippen LogP contribution in [0.2, 0.25) is 0 Å². The normalized spacial score (nSPS) is 14.9. The molecule has 1 N–H and O–H groups in total. The number of aromatic nitrogens is 4. The number of piperidine rings is 1. The first kappa shape index (κ1) is 31.8. The molecule has 1 saturated heterocycles. The summed E-state index contributed by atoms with van der Waals surface area (Å²) in [4.78, 5) is 69.1. The van der Waals surface area contributed by atoms with Gasteiger partial charge in [0.05, 0.1) is 11.5 Å². The number of aryl methyl sites for hydroxylation is 1. The maximum atomic E-state index is 13.7. The molecule has 3 heterocycles. The highest BCUT2D eigenvalue weighted by Crippen LogP contribution is 2.23. The number of amides is 1. The second-order valence-electron chi connectivity index (χ2n) is 11.3. The number of esters is 1. The molecule has 0 spiro atoms. The number of nitrogens with one attached hydrogen (secondary N) is 1. The predicted octanol–water partition coefficient (Wildman–Crippen LogP) is 2.07. The SMILES string of the molecule is CC#CCn1c(N2CCC[C@@H](NC(=O)OC(C)(C)C)C2)nc2c1c(=O)n(CC(=O)OCc1cccc([N+](=O)[O-])c1)c(=O)n2C. The molecule has 4 rings (SSSR count). The van der Waals surface area contributed by atoms with Crippen molar-refractivity contribution in [1.82, 2.24) is 24.0 Å². The zero-order valence-corrected chi connectivity index (χ0v) is 25.3. The zero-order chi connectivity index (χ0) is 32.2. The lowest BCUT2D eigenvalue weighted by atomic mass is 10.1. The fourth-order valence-corrected chi connectivity index (χ4v) is 4.90. The monoisotopic (exact) mass is 609 g/mol. The van der Waals surface area contributed by atoms with Crippen LogP contribution in [-0.2, 0) is 41.0 Å². The molecular weight excluding hydrogens is 574 g/mol. The van der Waals surface area contributed by atoms with Crippen molar-refractivity contribution in [2.45, 2.75) is 71.9 Å². The summed E-state index contributed by atoms with van der Waals surface area (Å²) in [6.45, 7) is 7.11. The highest BCUT2D eigenvalue weighted by Gasteiger charge is 2.29. The number of anilines is 1. The molecule has 0 aliphatic carbocycles. The van der Waals surface area contributed by atoms with Gasteiger partial charge in [-0.3, -0.25) is 28.8 Å². The van der Waals surface area contributed by atoms with E-state index in [-0.39, 0.29) is 36.0 Å². The first-order chi connectivity index (χ1) is 20.8. The molecule has 2 aromatic heterocycles. The lowest BCUT2D eigenvalue weighted by Crippen LogP contribution is -2.49. The van der Waals surface area contributed by atoms with Gasteiger partial charge in [-0.05, 0) is 46.1 Å². The van der Waals surface area contributed by atoms with Gasteiger partial charge in [-0.2, -0.15) is 4.98 Å². The minimum Gasteiger partial charge on any atom is -0.459 e. The van der Waals surface area contributed by atoms with Crippen molar-refractivity contribution >= 4 is 34.9 Å². The molecule has 234 valence electrons. The van der Waals surface area contributed by atoms with Crippen molar-refractivity contribution in [1.29, 1.82) is 0 Å². The van der Waals surface area contributed by atoms with E-state index in [1.165, 1.54) is 29.8 Å². The lowest BCUT2D eigenvalue weighted by Gasteiger charge is -2.34. The van der Waals surface area contributed by atoms with Crippen molar-refractivity contribution in [3.63, 3.8) is 0 Å². The van der Waals surface area contributed by atoms with Crippen LogP contribution in [-0.4, -0.2) is 60.4 Å². The fraction of sp³-hybridized carbons (Fsp3) is 0.483. The summed E-state index contributed by atoms with van der Waals surface area (Å²) in [5.74, 6) is 5.28. The molecule has 0 unspecified atom stereocenters. The Morgan fingerprint density at radius 3 is 2.66 bits per heavy atom. The third-order valence-corrected chi connectivity index (χ3v) is 6.86. The van der Waals surface area contributed by atoms with Crippen molar-refractivity contribution in [2.24, 2.45) is 7.05 Å². The van der Waals surface area contributed by atoms with Gasteiger partial charge < -0.3 is 19.7 Å². The highest BCUT2D eigenvalue weighted by atomic mass is 16.6. The molecule has 3 aromatic rings. The number of nitro benzene ring substituents is 1. The first-order valence-electron chi connectivity index (χ1n) is 14.0. The van der Waals surface area contributed by atoms with E-state index in [4.69, 9.17) is 9.47 Å². The Morgan fingerprint density at radius 1 is 1.23 bits per heavy atom. The molecule has 1 aliphatic heterocycles. The van der Waals surface area contributed by atoms with E-state index in [1.807, 2.05) is 4.90 Å². The second-order valence-corrected chi connectivity index (χ2v) is 11.3. The molecule has 0 saturated carbocycles. The minimum absolute atomic E-state index is 0.0820. The topological polar surface area (TPSA) is 173 Å². The van der Waals surface area contributed by atoms with Gasteiger partial charge in [0.1, 0.15) is 18.8 Å². The number of non-ortho nitro benzene ring substituents is 1. The van der Waals surface area contributed by atoms with Gasteiger partial charge in [-0.15, -0.1) is 5.92 Å². The lowest BCUT2D eigenvalue weighted by molar-refractivity contribution is -0.384. The van der Waals surface area contributed by atoms with Crippen LogP contribution in [0.3, 0.4) is 0 Å². The Labute approximate surface area is 252 Å². The number of alkyl carbamates (subject to hydrolysis) is 1. The van der Waals surface area contributed by atoms with Crippen LogP contribution < -0.4 is 21.5 Å². The zero-order valence-electron chi connectivity index (χ0n) is 25.3. The summed E-state index contributed by atoms with van der Waals surface area (Å²) in [6.07, 6.45) is 0.911. The smallest absolute Gasteiger partial charge is 0.407 e. The fourth-order valence-electron chi connectivity index (χ4n) is 4.90. The maximum Gasteiger partial charge on any atom is 0.407 e. The number of benzene rings is 1. The number of nitrogens with zero attached hydrogens (tertiary/aromatic N) is 6. The van der Waals surface area contributed by atoms with Crippen molar-refractivity contribution in [3.05, 3.63) is 60.8 Å². The molecule has 1 fully saturated rings. The maximum absolute atomic E-state index is 13.7. The average Bonchev–Trinajstić information content (AvgIpc) is 3.35. The van der Waals surface area contributed by atoms with E-state index in [9.17, 15) is 29.3 Å². The molecule has 15 nitrogen and oxygen atoms in total. The van der Waals surface area contributed by atoms with Crippen LogP contribution in [0.15, 0.2) is 33.9 Å². The Morgan fingerprint density at radius 2 is 1.98 bits per heavy atom. The Bertz CT molecular complexity index is 1770. The Kier molecular flexibility index (Phi) is 9.41. The third-order valence-electron chi connectivity index (χ3n) is 6.86. The van der Waals surface area contributed by atoms with Crippen LogP contribution in [0.25, 0.3) is 11.2 Å². The van der Waals surface area contributed by atoms with Gasteiger partial charge in [0, 0.05) is 38.3 Å². The van der Waals surface area contributed by atoms with Crippen LogP contribution >= 0.6 is 0 Å². The van der Waals surface area contributed by atoms with Crippen LogP contribution in [0.1, 0.15) is 46.1 Å². The summed E-state index contributed by atoms with van der Waals surface area (Å²) >= 11 is 0. The number of carbonyl (C=O) groups excluding carboxylic acids is 2. The van der Waals surface area contributed by atoms with Gasteiger partial charge in [0.15, 0.2) is 11.2 Å². The third kappa shape index (κ3) is 7.25. The molecule has 44 heavy (non-hydrogen) atoms. The Hall–Kier alpha value is -5.13. The number of rotatable bonds is 8. The van der Waals surface area contributed by atoms with Crippen molar-refractivity contribution in [3.8, 4) is 11.8 Å². The summed E-state index contributed by atoms with van der Waals surface area (Å²) in [5.41, 5.74) is -1.73. The first-order valence-corrected chi connectivity index (χ1v) is 14.0. The number of hydrogen-bond donors (Lipinski definition) is 1. The van der Waals surface area contributed by atoms with Crippen LogP contribution in [0.5, 0.6) is 0 Å². The predicted molar refractivity (Wildman–Crippen MR) is 160 cm³/mol. The highest BCUT2D eigenvalue weighted by molar-refractivity contribution is 5.76. The number of carbonyl (C=O) groups is 2. The van der Waals surface area contributed by atoms with Crippen LogP contribution in [0, 0.1) is 22.0 Å². The summed E-state index contributed by atoms with van der Waals surface area (Å²) < 4.78 is 14.2. The molecule has 1 aromatic carbocycles. The van der Waals surface area contributed by atoms with Gasteiger partial charge in [0.2, 0.25) is 5.95 Å². The molecule has 1 aliphatic rings. The molecule has 1 atom stereocenters. The number of fused-ring (bicyclic) bond motifs is 1. The van der Waals surface area contributed by atoms with Gasteiger partial charge in [-0.25, -0.2) is 14.2 Å². The number of imidazole rings is 1. The summed E-state index contributed by atoms with van der Waals surface area (Å²) in [7, 11) is 1.45. The summed E-state index contributed by atoms with van der Waals surface area (Å²) in [5, 5.41) is 13.9. The van der Waals surface area contributed by atoms with E-state index >= 15 is 0 Å². The largest absolute Gasteiger partial charge is 0.459 e. The van der Waals surface area contributed by atoms with Crippen LogP contribution in [0.4, 0.5) is 16.4 Å². The minimum atomic E-state index is -0.873. The molecular formula is C29H35N7O8. The molecule has 1 amide bonds. The average molecular weight is 610 g/mol. The van der Waals surface area contributed by atoms with Gasteiger partial charge in [0.25, 0.3) is 11.2 Å². The second kappa shape index (κ2) is 13.0. The van der Waals surface area contributed by atoms with Crippen molar-refractivity contribution in [2.75, 3.05) is 18.0 Å². The van der Waals surface area contributed by atoms with Crippen molar-refractivity contribution < 1.29 is 24.0 Å². The number of ether oxygens (including phenoxy) is 2. The van der Waals surface area contributed by atoms with Gasteiger partial charge >= 0.3 is 17.8 Å². The number of hydrogen-bond acceptors (Lipinski definition) is 10. The van der Waals surface area contributed by atoms with E-state index in [2.05, 4.69) is 22.1 Å². The molecule has 0 bridgehead atoms. The van der Waals surface area contributed by atoms with E-state index in [1.54, 1.807) is 38.3 Å². The van der Waals surface area contributed by atoms with E-state index in [0.29, 0.717) is 31.0 Å². The number of nitro groups is 1. The Balaban J connectivity index is 1.63. The molecule has 0 radical (unpaired) electrons. The van der Waals surface area contributed by atoms with Gasteiger partial charge in [-0.1, -0.05) is 18.1 Å². The standard InChI is InChI=1S/C29H35N7O8/c1-6-7-14-34-23-24(31-26(34)33-13-9-11-20(16-33)30-27(39)44-29(2,3)4)32(5)28(40)35(25(23)38)17-22(37)43-18-19-10-8-12-21(15-19)36(41)42/h8,10,12,15,20H,9,11,13-14,16-18H2,1-5H3,(H,30,39)/t20-/m1/s1.